The van der Waals surface area contributed by atoms with Crippen LogP contribution in [0.3, 0.4) is 0 Å². The van der Waals surface area contributed by atoms with E-state index in [0.29, 0.717) is 0 Å². The van der Waals surface area contributed by atoms with Crippen LogP contribution in [0.5, 0.6) is 0 Å². The molecule has 0 N–H and O–H groups in total. The van der Waals surface area contributed by atoms with Crippen LogP contribution in [0.1, 0.15) is 263 Å². The van der Waals surface area contributed by atoms with Crippen LogP contribution >= 0.6 is 45.7 Å². The van der Waals surface area contributed by atoms with Crippen molar-refractivity contribution in [2.24, 2.45) is 14.1 Å². The Balaban J connectivity index is -0.000000114. The standard InChI is InChI=1S/2C8H13N2.4C7H10NO.4C7H10NS.10Re/c1-8(2,3)7-5-10(4)6-9-7;1-8(2,3)7-5-6-9-10(7)4;1-7(2,3)6-4-9-5-8-6;1-7(2,3)6-4-8-5-9-6;1-7(2,3)6-4-8-9-5-6;1-7(2,3)6-4-5-8-9-6;1-7(2,3)6-4-9-5-8-6;1-7(2,3)6-4-8-5-9-6;1-7(2,3)6-4-8-9-5-6;1-7(2,3)6-4-5-8-9-6;;;;;;;;;;/h2*5H,1-4H3;2*4H,1-3H3;5H,1-3H3;3*4H,1-3H3;5H,1-3H3;4H,1-3H3;;;;;;;;;;/q10*-1;;;;;;;;;;. The molecule has 0 aliphatic rings. The Kier molecular flexibility index (Phi) is 68.4. The first-order valence-electron chi connectivity index (χ1n) is 30.3. The largest absolute Gasteiger partial charge is 0.581 e. The minimum Gasteiger partial charge on any atom is -0.581 e. The average molecular weight is 3190 g/mol. The molecule has 16 nitrogen and oxygen atoms in total. The van der Waals surface area contributed by atoms with E-state index in [9.17, 15) is 0 Å². The molecule has 102 heavy (non-hydrogen) atoms. The smallest absolute Gasteiger partial charge is 0.102 e. The molecular weight excluding hydrogens is 3090 g/mol. The zero-order chi connectivity index (χ0) is 70.8. The van der Waals surface area contributed by atoms with Gasteiger partial charge in [-0.1, -0.05) is 264 Å². The first kappa shape index (κ1) is 123. The predicted octanol–water partition coefficient (Wildman–Crippen LogP) is 19.1. The maximum absolute atomic E-state index is 4.96. The van der Waals surface area contributed by atoms with Gasteiger partial charge < -0.3 is 65.9 Å². The monoisotopic (exact) mass is 3200 g/mol. The molecule has 0 unspecified atom stereocenters. The van der Waals surface area contributed by atoms with Gasteiger partial charge in [0.05, 0.1) is 0 Å². The third-order valence-corrected chi connectivity index (χ3v) is 15.5. The van der Waals surface area contributed by atoms with E-state index in [1.165, 1.54) is 55.4 Å². The maximum Gasteiger partial charge on any atom is 0.102 e. The number of thiazole rings is 2. The molecule has 582 valence electrons. The Morgan fingerprint density at radius 2 is 0.961 bits per heavy atom. The van der Waals surface area contributed by atoms with E-state index < -0.39 is 0 Å². The summed E-state index contributed by atoms with van der Waals surface area (Å²) in [6.07, 6.45) is 30.4. The number of rotatable bonds is 0. The Hall–Kier alpha value is 0.403. The fraction of sp³-hybridized carbons (Fsp3) is 0.583. The van der Waals surface area contributed by atoms with Crippen molar-refractivity contribution in [2.75, 3.05) is 0 Å². The van der Waals surface area contributed by atoms with Crippen molar-refractivity contribution in [1.82, 2.24) is 58.3 Å². The van der Waals surface area contributed by atoms with E-state index in [0.717, 1.165) is 34.2 Å². The van der Waals surface area contributed by atoms with Gasteiger partial charge in [-0.05, 0) is 69.2 Å². The SMILES string of the molecule is CC(C)(C)c1[c-]noc1.CC(C)(C)c1[c-]nsc1.CC(C)(C)c1c[c-]no1.CC(C)(C)c1c[c-]ns1.CC(C)(C)c1cn[c-]o1.CC(C)(C)c1cn[c-]s1.CC(C)(C)c1co[c-]n1.CC(C)(C)c1cs[c-]n1.Cn1[c-]nc(C(C)(C)C)c1.Cn1n[c-]cc1C(C)(C)C.[Re].[Re].[Re].[Re].[Re].[Re].[Re].[Re].[Re].[Re]. The van der Waals surface area contributed by atoms with Crippen LogP contribution in [-0.2, 0) is 272 Å². The van der Waals surface area contributed by atoms with Crippen molar-refractivity contribution in [3.8, 4) is 0 Å². The van der Waals surface area contributed by atoms with Gasteiger partial charge in [-0.15, -0.1) is 63.4 Å². The molecule has 10 aromatic rings. The van der Waals surface area contributed by atoms with Crippen molar-refractivity contribution in [3.05, 3.63) is 176 Å². The topological polar surface area (TPSA) is 191 Å². The third kappa shape index (κ3) is 54.1. The van der Waals surface area contributed by atoms with E-state index >= 15 is 0 Å². The Bertz CT molecular complexity index is 2840. The van der Waals surface area contributed by atoms with E-state index in [4.69, 9.17) is 13.4 Å². The van der Waals surface area contributed by atoms with Crippen LogP contribution < -0.4 is 0 Å². The molecule has 0 aliphatic heterocycles. The summed E-state index contributed by atoms with van der Waals surface area (Å²) in [6, 6.07) is 5.64. The maximum atomic E-state index is 4.96. The predicted molar refractivity (Wildman–Crippen MR) is 376 cm³/mol. The molecule has 0 amide bonds. The molecule has 0 aromatic carbocycles. The fourth-order valence-electron chi connectivity index (χ4n) is 6.02. The molecule has 0 spiro atoms. The normalized spacial score (nSPS) is 10.7. The number of hydrogen-bond acceptors (Lipinski definition) is 18. The molecule has 0 atom stereocenters. The summed E-state index contributed by atoms with van der Waals surface area (Å²) in [5.41, 5.74) is 13.8. The van der Waals surface area contributed by atoms with E-state index in [1.54, 1.807) is 36.1 Å². The van der Waals surface area contributed by atoms with Gasteiger partial charge >= 0.3 is 0 Å². The molecule has 10 radical (unpaired) electrons. The molecule has 30 heteroatoms. The van der Waals surface area contributed by atoms with Crippen molar-refractivity contribution >= 4 is 45.7 Å². The van der Waals surface area contributed by atoms with Crippen molar-refractivity contribution < 1.29 is 222 Å². The minimum absolute atomic E-state index is 0. The summed E-state index contributed by atoms with van der Waals surface area (Å²) in [4.78, 5) is 22.3. The van der Waals surface area contributed by atoms with Gasteiger partial charge in [0.2, 0.25) is 0 Å². The van der Waals surface area contributed by atoms with E-state index in [2.05, 4.69) is 322 Å². The Morgan fingerprint density at radius 1 is 0.422 bits per heavy atom. The summed E-state index contributed by atoms with van der Waals surface area (Å²) in [5, 5.41) is 15.0. The van der Waals surface area contributed by atoms with Crippen molar-refractivity contribution in [3.63, 3.8) is 0 Å². The molecular formula is C72H106N12O4Re10S4-10. The van der Waals surface area contributed by atoms with Gasteiger partial charge in [-0.2, -0.15) is 46.3 Å². The second kappa shape index (κ2) is 56.6. The van der Waals surface area contributed by atoms with Crippen molar-refractivity contribution in [2.45, 2.75) is 262 Å². The summed E-state index contributed by atoms with van der Waals surface area (Å²) in [5.74, 6) is 1.75. The second-order valence-corrected chi connectivity index (χ2v) is 34.6. The van der Waals surface area contributed by atoms with Gasteiger partial charge in [0.15, 0.2) is 0 Å². The van der Waals surface area contributed by atoms with Crippen LogP contribution in [0.15, 0.2) is 78.0 Å². The zero-order valence-corrected chi connectivity index (χ0v) is 95.6. The number of aromatic nitrogens is 12. The van der Waals surface area contributed by atoms with Crippen LogP contribution in [0, 0.1) is 61.1 Å². The van der Waals surface area contributed by atoms with Gasteiger partial charge in [-0.3, -0.25) is 22.7 Å². The minimum atomic E-state index is 0. The number of hydrogen-bond donors (Lipinski definition) is 0. The molecule has 0 bridgehead atoms. The molecule has 10 rings (SSSR count). The Labute approximate surface area is 768 Å². The van der Waals surface area contributed by atoms with Crippen molar-refractivity contribution in [1.29, 1.82) is 0 Å². The van der Waals surface area contributed by atoms with Crippen LogP contribution in [-0.4, -0.2) is 58.3 Å². The van der Waals surface area contributed by atoms with Crippen LogP contribution in [0.2, 0.25) is 0 Å². The number of oxazole rings is 2. The van der Waals surface area contributed by atoms with Gasteiger partial charge in [-0.25, -0.2) is 16.4 Å². The number of nitrogens with zero attached hydrogens (tertiary/aromatic N) is 12. The summed E-state index contributed by atoms with van der Waals surface area (Å²) < 4.78 is 30.7. The van der Waals surface area contributed by atoms with Gasteiger partial charge in [0, 0.05) is 218 Å². The number of imidazole rings is 1. The molecule has 0 aliphatic carbocycles. The number of aryl methyl sites for hydroxylation is 2. The van der Waals surface area contributed by atoms with Gasteiger partial charge in [0.1, 0.15) is 12.8 Å². The first-order valence-corrected chi connectivity index (χ1v) is 33.6. The zero-order valence-electron chi connectivity index (χ0n) is 65.2. The molecule has 10 heterocycles. The van der Waals surface area contributed by atoms with E-state index in [-0.39, 0.29) is 258 Å². The van der Waals surface area contributed by atoms with Crippen LogP contribution in [0.4, 0.5) is 0 Å². The van der Waals surface area contributed by atoms with Gasteiger partial charge in [0.25, 0.3) is 0 Å². The summed E-state index contributed by atoms with van der Waals surface area (Å²) in [6.45, 7) is 63.8. The first-order chi connectivity index (χ1) is 41.9. The summed E-state index contributed by atoms with van der Waals surface area (Å²) >= 11 is 6.11. The third-order valence-electron chi connectivity index (χ3n) is 12.2. The Morgan fingerprint density at radius 3 is 1.16 bits per heavy atom. The average Bonchev–Trinajstić information content (AvgIpc) is 1.70. The molecule has 10 aromatic heterocycles. The van der Waals surface area contributed by atoms with Crippen LogP contribution in [0.25, 0.3) is 0 Å². The molecule has 0 saturated heterocycles. The quantitative estimate of drug-likeness (QED) is 0.130. The summed E-state index contributed by atoms with van der Waals surface area (Å²) in [7, 11) is 3.87. The fourth-order valence-corrected chi connectivity index (χ4v) is 8.65. The second-order valence-electron chi connectivity index (χ2n) is 31.7. The molecule has 0 fully saturated rings. The molecule has 0 saturated carbocycles. The van der Waals surface area contributed by atoms with E-state index in [1.807, 2.05) is 58.6 Å².